The van der Waals surface area contributed by atoms with Crippen molar-refractivity contribution in [3.8, 4) is 11.6 Å². The zero-order chi connectivity index (χ0) is 33.6. The molecule has 2 amide bonds. The number of alkyl carbamates (subject to hydrolysis) is 1. The molecule has 12 heteroatoms. The largest absolute Gasteiger partial charge is 0.497 e. The van der Waals surface area contributed by atoms with Crippen LogP contribution in [-0.2, 0) is 20.2 Å². The van der Waals surface area contributed by atoms with Crippen molar-refractivity contribution in [2.75, 3.05) is 13.7 Å². The second-order valence-corrected chi connectivity index (χ2v) is 14.3. The number of nitrogens with one attached hydrogen (secondary N) is 1. The number of pyridine rings is 1. The van der Waals surface area contributed by atoms with Crippen LogP contribution in [0.2, 0.25) is 0 Å². The Morgan fingerprint density at radius 3 is 2.52 bits per heavy atom. The first-order chi connectivity index (χ1) is 21.6. The fourth-order valence-electron chi connectivity index (χ4n) is 7.25. The molecule has 1 saturated heterocycles. The van der Waals surface area contributed by atoms with Gasteiger partial charge in [0.25, 0.3) is 5.92 Å². The first-order valence-corrected chi connectivity index (χ1v) is 16.1. The lowest BCUT2D eigenvalue weighted by Gasteiger charge is -2.37. The van der Waals surface area contributed by atoms with E-state index in [1.807, 2.05) is 6.92 Å². The molecule has 0 spiro atoms. The molecule has 1 N–H and O–H groups in total. The summed E-state index contributed by atoms with van der Waals surface area (Å²) in [7, 11) is 1.43. The summed E-state index contributed by atoms with van der Waals surface area (Å²) in [5.74, 6) is -6.28. The molecule has 0 radical (unpaired) electrons. The van der Waals surface area contributed by atoms with Crippen molar-refractivity contribution in [3.63, 3.8) is 0 Å². The Hall–Kier alpha value is -3.57. The normalized spacial score (nSPS) is 30.7. The topological polar surface area (TPSA) is 107 Å². The Labute approximate surface area is 267 Å². The Morgan fingerprint density at radius 1 is 1.13 bits per heavy atom. The van der Waals surface area contributed by atoms with Crippen LogP contribution in [0.5, 0.6) is 11.6 Å². The zero-order valence-corrected chi connectivity index (χ0v) is 27.3. The lowest BCUT2D eigenvalue weighted by Crippen LogP contribution is -2.57. The Morgan fingerprint density at radius 2 is 1.85 bits per heavy atom. The number of methoxy groups -OCH3 is 1. The standard InChI is InChI=1S/C34H44F3N3O6/c1-19-24(18-41)40-17-25(19)45-29-26(27(35)22-13-12-21(44-6)16-23(22)38-29)34(36,37)15-8-7-10-20-11-9-14-33(20,5)46-31(43)39-28(30(40)42)32(2,3)4/h12-13,16,18-20,24-25,28H,7-11,14-15,17H2,1-6H3,(H,39,43)/t19-,20+,24+,25-,28+,33+/m0/s1. The van der Waals surface area contributed by atoms with E-state index < -0.39 is 76.7 Å². The summed E-state index contributed by atoms with van der Waals surface area (Å²) in [6.45, 7) is 8.69. The number of carbonyl (C=O) groups excluding carboxylic acids is 3. The van der Waals surface area contributed by atoms with Crippen LogP contribution in [0.3, 0.4) is 0 Å². The van der Waals surface area contributed by atoms with E-state index >= 15 is 13.2 Å². The number of fused-ring (bicyclic) bond motifs is 5. The lowest BCUT2D eigenvalue weighted by atomic mass is 9.85. The Kier molecular flexibility index (Phi) is 9.22. The van der Waals surface area contributed by atoms with Gasteiger partial charge in [0.1, 0.15) is 41.2 Å². The van der Waals surface area contributed by atoms with E-state index in [2.05, 4.69) is 10.3 Å². The van der Waals surface area contributed by atoms with Crippen LogP contribution in [0.15, 0.2) is 18.2 Å². The maximum absolute atomic E-state index is 16.1. The van der Waals surface area contributed by atoms with Gasteiger partial charge in [0.2, 0.25) is 11.8 Å². The van der Waals surface area contributed by atoms with E-state index in [0.717, 1.165) is 12.8 Å². The molecular formula is C34H44F3N3O6. The van der Waals surface area contributed by atoms with Gasteiger partial charge in [0.05, 0.1) is 25.2 Å². The highest BCUT2D eigenvalue weighted by Gasteiger charge is 2.49. The first-order valence-electron chi connectivity index (χ1n) is 16.1. The molecule has 2 aliphatic heterocycles. The van der Waals surface area contributed by atoms with Gasteiger partial charge in [-0.05, 0) is 62.5 Å². The highest BCUT2D eigenvalue weighted by molar-refractivity contribution is 5.89. The molecule has 46 heavy (non-hydrogen) atoms. The van der Waals surface area contributed by atoms with Crippen LogP contribution in [-0.4, -0.2) is 65.6 Å². The lowest BCUT2D eigenvalue weighted by molar-refractivity contribution is -0.139. The molecular weight excluding hydrogens is 603 g/mol. The molecule has 0 unspecified atom stereocenters. The van der Waals surface area contributed by atoms with Crippen molar-refractivity contribution >= 4 is 29.2 Å². The molecule has 1 aromatic heterocycles. The third-order valence-electron chi connectivity index (χ3n) is 10.1. The van der Waals surface area contributed by atoms with Crippen LogP contribution in [0.1, 0.15) is 85.1 Å². The summed E-state index contributed by atoms with van der Waals surface area (Å²) < 4.78 is 65.7. The summed E-state index contributed by atoms with van der Waals surface area (Å²) in [5.41, 5.74) is -2.49. The number of aromatic nitrogens is 1. The second kappa shape index (κ2) is 12.6. The molecule has 3 heterocycles. The number of halogens is 3. The van der Waals surface area contributed by atoms with E-state index in [-0.39, 0.29) is 29.8 Å². The van der Waals surface area contributed by atoms with E-state index in [0.29, 0.717) is 31.3 Å². The average molecular weight is 648 g/mol. The summed E-state index contributed by atoms with van der Waals surface area (Å²) >= 11 is 0. The van der Waals surface area contributed by atoms with E-state index in [9.17, 15) is 14.4 Å². The fraction of sp³-hybridized carbons (Fsp3) is 0.647. The number of alkyl halides is 2. The number of aldehydes is 1. The van der Waals surface area contributed by atoms with Gasteiger partial charge in [0, 0.05) is 23.8 Å². The number of ether oxygens (including phenoxy) is 3. The van der Waals surface area contributed by atoms with Crippen molar-refractivity contribution < 1.29 is 41.8 Å². The molecule has 9 nitrogen and oxygen atoms in total. The number of carbonyl (C=O) groups is 3. The van der Waals surface area contributed by atoms with Crippen molar-refractivity contribution in [2.24, 2.45) is 17.3 Å². The van der Waals surface area contributed by atoms with Crippen molar-refractivity contribution in [1.29, 1.82) is 0 Å². The minimum Gasteiger partial charge on any atom is -0.497 e. The number of benzene rings is 1. The molecule has 3 aliphatic rings. The monoisotopic (exact) mass is 647 g/mol. The molecule has 252 valence electrons. The van der Waals surface area contributed by atoms with Gasteiger partial charge < -0.3 is 29.2 Å². The van der Waals surface area contributed by atoms with Crippen LogP contribution in [0.4, 0.5) is 18.0 Å². The number of hydrogen-bond donors (Lipinski definition) is 1. The number of hydrogen-bond acceptors (Lipinski definition) is 7. The predicted octanol–water partition coefficient (Wildman–Crippen LogP) is 6.54. The molecule has 6 atom stereocenters. The van der Waals surface area contributed by atoms with E-state index in [1.165, 1.54) is 30.2 Å². The minimum atomic E-state index is -3.64. The van der Waals surface area contributed by atoms with Gasteiger partial charge in [-0.25, -0.2) is 22.9 Å². The maximum Gasteiger partial charge on any atom is 0.408 e. The highest BCUT2D eigenvalue weighted by atomic mass is 19.3. The van der Waals surface area contributed by atoms with Crippen LogP contribution >= 0.6 is 0 Å². The van der Waals surface area contributed by atoms with Crippen molar-refractivity contribution in [2.45, 2.75) is 109 Å². The molecule has 1 saturated carbocycles. The molecule has 2 fully saturated rings. The second-order valence-electron chi connectivity index (χ2n) is 14.3. The van der Waals surface area contributed by atoms with Gasteiger partial charge in [0.15, 0.2) is 0 Å². The number of amides is 2. The number of nitrogens with zero attached hydrogens (tertiary/aromatic N) is 2. The van der Waals surface area contributed by atoms with Crippen molar-refractivity contribution in [3.05, 3.63) is 29.6 Å². The quantitative estimate of drug-likeness (QED) is 0.369. The average Bonchev–Trinajstić information content (AvgIpc) is 3.50. The van der Waals surface area contributed by atoms with Gasteiger partial charge in [-0.1, -0.05) is 34.1 Å². The predicted molar refractivity (Wildman–Crippen MR) is 164 cm³/mol. The smallest absolute Gasteiger partial charge is 0.408 e. The third-order valence-corrected chi connectivity index (χ3v) is 10.1. The summed E-state index contributed by atoms with van der Waals surface area (Å²) in [4.78, 5) is 45.4. The van der Waals surface area contributed by atoms with Crippen LogP contribution < -0.4 is 14.8 Å². The molecule has 1 aliphatic carbocycles. The number of rotatable bonds is 2. The van der Waals surface area contributed by atoms with Gasteiger partial charge in [-0.3, -0.25) is 4.79 Å². The molecule has 2 bridgehead atoms. The molecule has 2 aromatic rings. The SMILES string of the molecule is COc1ccc2c(F)c3c(nc2c1)O[C@H]1CN(C(=O)[C@H](C(C)(C)C)NC(=O)O[C@]2(C)CCC[C@H]2CCCCC3(F)F)[C@H](C=O)[C@@H]1C. The highest BCUT2D eigenvalue weighted by Crippen LogP contribution is 2.46. The van der Waals surface area contributed by atoms with Crippen molar-refractivity contribution in [1.82, 2.24) is 15.2 Å². The molecule has 1 aromatic carbocycles. The van der Waals surface area contributed by atoms with Gasteiger partial charge in [-0.15, -0.1) is 0 Å². The third kappa shape index (κ3) is 6.36. The Balaban J connectivity index is 1.61. The van der Waals surface area contributed by atoms with Crippen LogP contribution in [0.25, 0.3) is 10.9 Å². The summed E-state index contributed by atoms with van der Waals surface area (Å²) in [6, 6.07) is 2.20. The van der Waals surface area contributed by atoms with E-state index in [1.54, 1.807) is 27.7 Å². The zero-order valence-electron chi connectivity index (χ0n) is 27.3. The fourth-order valence-corrected chi connectivity index (χ4v) is 7.25. The first kappa shape index (κ1) is 33.8. The van der Waals surface area contributed by atoms with Crippen LogP contribution in [0, 0.1) is 23.1 Å². The summed E-state index contributed by atoms with van der Waals surface area (Å²) in [5, 5.41) is 2.67. The molecule has 5 rings (SSSR count). The Bertz CT molecular complexity index is 1500. The van der Waals surface area contributed by atoms with Gasteiger partial charge in [-0.2, -0.15) is 0 Å². The maximum atomic E-state index is 16.1. The minimum absolute atomic E-state index is 0.0649. The van der Waals surface area contributed by atoms with Gasteiger partial charge >= 0.3 is 6.09 Å². The summed E-state index contributed by atoms with van der Waals surface area (Å²) in [6.07, 6.45) is 1.45. The van der Waals surface area contributed by atoms with E-state index in [4.69, 9.17) is 14.2 Å².